The summed E-state index contributed by atoms with van der Waals surface area (Å²) in [5.74, 6) is 0.672. The third kappa shape index (κ3) is 2.92. The van der Waals surface area contributed by atoms with Gasteiger partial charge in [0.15, 0.2) is 0 Å². The van der Waals surface area contributed by atoms with E-state index in [1.807, 2.05) is 0 Å². The van der Waals surface area contributed by atoms with Crippen LogP contribution in [0.25, 0.3) is 0 Å². The second kappa shape index (κ2) is 5.59. The van der Waals surface area contributed by atoms with Crippen molar-refractivity contribution in [2.45, 2.75) is 38.3 Å². The minimum atomic E-state index is 0.303. The normalized spacial score (nSPS) is 22.0. The van der Waals surface area contributed by atoms with Gasteiger partial charge in [-0.05, 0) is 35.2 Å². The van der Waals surface area contributed by atoms with Crippen LogP contribution in [0.5, 0.6) is 0 Å². The van der Waals surface area contributed by atoms with E-state index in [0.29, 0.717) is 18.1 Å². The monoisotopic (exact) mass is 285 g/mol. The predicted molar refractivity (Wildman–Crippen MR) is 66.4 cm³/mol. The van der Waals surface area contributed by atoms with Crippen LogP contribution in [0.1, 0.15) is 26.2 Å². The second-order valence-corrected chi connectivity index (χ2v) is 4.85. The molecule has 0 bridgehead atoms. The molecular weight excluding hydrogens is 270 g/mol. The summed E-state index contributed by atoms with van der Waals surface area (Å²) < 4.78 is 6.57. The maximum absolute atomic E-state index is 5.67. The molecule has 16 heavy (non-hydrogen) atoms. The van der Waals surface area contributed by atoms with E-state index in [2.05, 4.69) is 38.1 Å². The average molecular weight is 286 g/mol. The Morgan fingerprint density at radius 3 is 2.88 bits per heavy atom. The molecule has 1 N–H and O–H groups in total. The van der Waals surface area contributed by atoms with Crippen molar-refractivity contribution < 1.29 is 4.74 Å². The van der Waals surface area contributed by atoms with Crippen molar-refractivity contribution in [3.8, 4) is 0 Å². The van der Waals surface area contributed by atoms with Gasteiger partial charge in [-0.3, -0.25) is 0 Å². The van der Waals surface area contributed by atoms with Crippen LogP contribution in [0.2, 0.25) is 0 Å². The van der Waals surface area contributed by atoms with Crippen LogP contribution in [0.15, 0.2) is 16.9 Å². The summed E-state index contributed by atoms with van der Waals surface area (Å²) in [5, 5.41) is 3.33. The topological polar surface area (TPSA) is 47.0 Å². The number of aromatic nitrogens is 2. The number of nitrogens with one attached hydrogen (secondary N) is 1. The summed E-state index contributed by atoms with van der Waals surface area (Å²) in [4.78, 5) is 8.43. The summed E-state index contributed by atoms with van der Waals surface area (Å²) in [6, 6.07) is 0.309. The zero-order valence-corrected chi connectivity index (χ0v) is 10.9. The van der Waals surface area contributed by atoms with Gasteiger partial charge in [0.25, 0.3) is 0 Å². The smallest absolute Gasteiger partial charge is 0.222 e. The molecule has 2 heterocycles. The van der Waals surface area contributed by atoms with Gasteiger partial charge in [0, 0.05) is 19.0 Å². The molecular formula is C11H16BrN3O. The molecule has 0 spiro atoms. The molecule has 1 aromatic rings. The van der Waals surface area contributed by atoms with Crippen LogP contribution >= 0.6 is 15.9 Å². The molecule has 1 aliphatic heterocycles. The van der Waals surface area contributed by atoms with Crippen molar-refractivity contribution in [2.24, 2.45) is 0 Å². The molecule has 0 aromatic carbocycles. The van der Waals surface area contributed by atoms with Crippen LogP contribution in [-0.4, -0.2) is 28.7 Å². The molecule has 5 heteroatoms. The molecule has 1 fully saturated rings. The fourth-order valence-corrected chi connectivity index (χ4v) is 2.14. The number of anilines is 1. The van der Waals surface area contributed by atoms with Crippen LogP contribution in [0.4, 0.5) is 5.95 Å². The van der Waals surface area contributed by atoms with Crippen molar-refractivity contribution in [3.05, 3.63) is 16.9 Å². The minimum absolute atomic E-state index is 0.303. The predicted octanol–water partition coefficient (Wildman–Crippen LogP) is 2.61. The average Bonchev–Trinajstić information content (AvgIpc) is 2.82. The molecule has 1 saturated heterocycles. The first-order valence-electron chi connectivity index (χ1n) is 5.65. The Labute approximate surface area is 104 Å². The molecule has 0 amide bonds. The maximum atomic E-state index is 5.67. The molecule has 4 nitrogen and oxygen atoms in total. The quantitative estimate of drug-likeness (QED) is 0.924. The van der Waals surface area contributed by atoms with Gasteiger partial charge in [-0.25, -0.2) is 9.97 Å². The first-order valence-corrected chi connectivity index (χ1v) is 6.44. The fraction of sp³-hybridized carbons (Fsp3) is 0.636. The van der Waals surface area contributed by atoms with Crippen molar-refractivity contribution in [1.82, 2.24) is 9.97 Å². The zero-order valence-electron chi connectivity index (χ0n) is 9.32. The summed E-state index contributed by atoms with van der Waals surface area (Å²) >= 11 is 3.32. The highest BCUT2D eigenvalue weighted by Crippen LogP contribution is 2.20. The molecule has 2 rings (SSSR count). The van der Waals surface area contributed by atoms with Crippen LogP contribution < -0.4 is 5.32 Å². The lowest BCUT2D eigenvalue weighted by Crippen LogP contribution is -2.33. The Morgan fingerprint density at radius 1 is 1.56 bits per heavy atom. The standard InChI is InChI=1S/C11H16BrN3O/c1-2-9(10-4-3-5-16-10)15-11-13-6-8(12)7-14-11/h6-7,9-10H,2-5H2,1H3,(H,13,14,15). The molecule has 2 atom stereocenters. The Hall–Kier alpha value is -0.680. The molecule has 0 aliphatic carbocycles. The number of rotatable bonds is 4. The SMILES string of the molecule is CCC(Nc1ncc(Br)cn1)C1CCCO1. The Kier molecular flexibility index (Phi) is 4.12. The van der Waals surface area contributed by atoms with Crippen LogP contribution in [0.3, 0.4) is 0 Å². The largest absolute Gasteiger partial charge is 0.376 e. The van der Waals surface area contributed by atoms with E-state index in [0.717, 1.165) is 30.3 Å². The van der Waals surface area contributed by atoms with Gasteiger partial charge in [-0.2, -0.15) is 0 Å². The molecule has 1 aromatic heterocycles. The molecule has 88 valence electrons. The van der Waals surface area contributed by atoms with E-state index < -0.39 is 0 Å². The van der Waals surface area contributed by atoms with Gasteiger partial charge >= 0.3 is 0 Å². The Morgan fingerprint density at radius 2 is 2.31 bits per heavy atom. The van der Waals surface area contributed by atoms with Crippen molar-refractivity contribution in [1.29, 1.82) is 0 Å². The number of hydrogen-bond acceptors (Lipinski definition) is 4. The fourth-order valence-electron chi connectivity index (χ4n) is 1.93. The van der Waals surface area contributed by atoms with Crippen molar-refractivity contribution in [2.75, 3.05) is 11.9 Å². The van der Waals surface area contributed by atoms with E-state index >= 15 is 0 Å². The second-order valence-electron chi connectivity index (χ2n) is 3.94. The van der Waals surface area contributed by atoms with E-state index in [4.69, 9.17) is 4.74 Å². The van der Waals surface area contributed by atoms with Gasteiger partial charge in [0.05, 0.1) is 16.6 Å². The zero-order chi connectivity index (χ0) is 11.4. The summed E-state index contributed by atoms with van der Waals surface area (Å²) in [6.45, 7) is 3.03. The number of nitrogens with zero attached hydrogens (tertiary/aromatic N) is 2. The lowest BCUT2D eigenvalue weighted by molar-refractivity contribution is 0.0941. The summed E-state index contributed by atoms with van der Waals surface area (Å²) in [5.41, 5.74) is 0. The van der Waals surface area contributed by atoms with Gasteiger partial charge < -0.3 is 10.1 Å². The molecule has 2 unspecified atom stereocenters. The third-order valence-corrected chi connectivity index (χ3v) is 3.20. The highest BCUT2D eigenvalue weighted by atomic mass is 79.9. The Bertz CT molecular complexity index is 325. The number of halogens is 1. The van der Waals surface area contributed by atoms with Gasteiger partial charge in [-0.15, -0.1) is 0 Å². The lowest BCUT2D eigenvalue weighted by Gasteiger charge is -2.22. The number of ether oxygens (including phenoxy) is 1. The summed E-state index contributed by atoms with van der Waals surface area (Å²) in [6.07, 6.45) is 7.10. The van der Waals surface area contributed by atoms with E-state index in [-0.39, 0.29) is 0 Å². The molecule has 1 aliphatic rings. The van der Waals surface area contributed by atoms with Crippen LogP contribution in [0, 0.1) is 0 Å². The first kappa shape index (κ1) is 11.8. The van der Waals surface area contributed by atoms with Gasteiger partial charge in [0.2, 0.25) is 5.95 Å². The summed E-state index contributed by atoms with van der Waals surface area (Å²) in [7, 11) is 0. The van der Waals surface area contributed by atoms with Crippen molar-refractivity contribution in [3.63, 3.8) is 0 Å². The number of hydrogen-bond donors (Lipinski definition) is 1. The lowest BCUT2D eigenvalue weighted by atomic mass is 10.1. The van der Waals surface area contributed by atoms with E-state index in [1.54, 1.807) is 12.4 Å². The van der Waals surface area contributed by atoms with E-state index in [9.17, 15) is 0 Å². The molecule has 0 radical (unpaired) electrons. The maximum Gasteiger partial charge on any atom is 0.222 e. The first-order chi connectivity index (χ1) is 7.79. The van der Waals surface area contributed by atoms with Crippen molar-refractivity contribution >= 4 is 21.9 Å². The van der Waals surface area contributed by atoms with Crippen LogP contribution in [-0.2, 0) is 4.74 Å². The highest BCUT2D eigenvalue weighted by molar-refractivity contribution is 9.10. The molecule has 0 saturated carbocycles. The van der Waals surface area contributed by atoms with E-state index in [1.165, 1.54) is 0 Å². The highest BCUT2D eigenvalue weighted by Gasteiger charge is 2.24. The van der Waals surface area contributed by atoms with Gasteiger partial charge in [-0.1, -0.05) is 6.92 Å². The minimum Gasteiger partial charge on any atom is -0.376 e. The Balaban J connectivity index is 1.97. The third-order valence-electron chi connectivity index (χ3n) is 2.79. The van der Waals surface area contributed by atoms with Gasteiger partial charge in [0.1, 0.15) is 0 Å².